The van der Waals surface area contributed by atoms with E-state index >= 15 is 0 Å². The maximum atomic E-state index is 11.4. The van der Waals surface area contributed by atoms with Crippen molar-refractivity contribution in [3.63, 3.8) is 0 Å². The van der Waals surface area contributed by atoms with Crippen LogP contribution in [0.3, 0.4) is 0 Å². The molecule has 2 aromatic carbocycles. The van der Waals surface area contributed by atoms with Gasteiger partial charge in [-0.3, -0.25) is 4.79 Å². The van der Waals surface area contributed by atoms with Crippen LogP contribution in [0.15, 0.2) is 54.6 Å². The molecule has 2 aromatic rings. The molecule has 1 aliphatic heterocycles. The molecule has 1 heterocycles. The largest absolute Gasteiger partial charge is 0.368 e. The van der Waals surface area contributed by atoms with Crippen LogP contribution in [0, 0.1) is 0 Å². The van der Waals surface area contributed by atoms with E-state index in [1.165, 1.54) is 23.2 Å². The molecule has 22 heavy (non-hydrogen) atoms. The molecule has 1 unspecified atom stereocenters. The minimum atomic E-state index is 0.289. The molecule has 114 valence electrons. The van der Waals surface area contributed by atoms with Gasteiger partial charge >= 0.3 is 0 Å². The predicted octanol–water partition coefficient (Wildman–Crippen LogP) is 4.23. The number of anilines is 1. The Bertz CT molecular complexity index is 618. The molecule has 0 aliphatic carbocycles. The standard InChI is InChI=1S/C20H23NO/c1-16(22)14-20-8-5-13-21(20)19-11-9-18(10-12-19)15-17-6-3-2-4-7-17/h2-4,6-7,9-12,20H,5,8,13-15H2,1H3. The number of benzene rings is 2. The SMILES string of the molecule is CC(=O)CC1CCCN1c1ccc(Cc2ccccc2)cc1. The van der Waals surface area contributed by atoms with Crippen molar-refractivity contribution in [1.82, 2.24) is 0 Å². The number of Topliss-reactive ketones (excluding diaryl/α,β-unsaturated/α-hetero) is 1. The fourth-order valence-corrected chi connectivity index (χ4v) is 3.36. The van der Waals surface area contributed by atoms with Gasteiger partial charge in [0.25, 0.3) is 0 Å². The van der Waals surface area contributed by atoms with Crippen molar-refractivity contribution in [3.8, 4) is 0 Å². The van der Waals surface area contributed by atoms with Crippen LogP contribution in [0.2, 0.25) is 0 Å². The number of carbonyl (C=O) groups excluding carboxylic acids is 1. The molecule has 0 saturated carbocycles. The molecule has 1 aliphatic rings. The Morgan fingerprint density at radius 2 is 1.73 bits per heavy atom. The Kier molecular flexibility index (Phi) is 4.57. The van der Waals surface area contributed by atoms with E-state index in [4.69, 9.17) is 0 Å². The van der Waals surface area contributed by atoms with Crippen LogP contribution in [0.1, 0.15) is 37.3 Å². The van der Waals surface area contributed by atoms with E-state index < -0.39 is 0 Å². The molecule has 0 aromatic heterocycles. The summed E-state index contributed by atoms with van der Waals surface area (Å²) in [5.41, 5.74) is 3.92. The van der Waals surface area contributed by atoms with E-state index in [0.717, 1.165) is 19.4 Å². The average Bonchev–Trinajstić information content (AvgIpc) is 2.96. The summed E-state index contributed by atoms with van der Waals surface area (Å²) in [6, 6.07) is 19.8. The van der Waals surface area contributed by atoms with Gasteiger partial charge in [0.1, 0.15) is 5.78 Å². The highest BCUT2D eigenvalue weighted by molar-refractivity contribution is 5.77. The molecule has 1 fully saturated rings. The van der Waals surface area contributed by atoms with Crippen molar-refractivity contribution in [3.05, 3.63) is 65.7 Å². The number of rotatable bonds is 5. The van der Waals surface area contributed by atoms with E-state index in [2.05, 4.69) is 59.5 Å². The monoisotopic (exact) mass is 293 g/mol. The van der Waals surface area contributed by atoms with Gasteiger partial charge in [-0.15, -0.1) is 0 Å². The van der Waals surface area contributed by atoms with Gasteiger partial charge < -0.3 is 4.90 Å². The van der Waals surface area contributed by atoms with Gasteiger partial charge in [0, 0.05) is 24.7 Å². The molecule has 1 atom stereocenters. The minimum Gasteiger partial charge on any atom is -0.368 e. The smallest absolute Gasteiger partial charge is 0.131 e. The lowest BCUT2D eigenvalue weighted by Gasteiger charge is -2.26. The van der Waals surface area contributed by atoms with E-state index in [1.54, 1.807) is 6.92 Å². The summed E-state index contributed by atoms with van der Waals surface area (Å²) in [6.45, 7) is 2.76. The van der Waals surface area contributed by atoms with E-state index in [9.17, 15) is 4.79 Å². The number of hydrogen-bond acceptors (Lipinski definition) is 2. The first-order valence-electron chi connectivity index (χ1n) is 8.11. The lowest BCUT2D eigenvalue weighted by Crippen LogP contribution is -2.30. The van der Waals surface area contributed by atoms with Crippen molar-refractivity contribution >= 4 is 11.5 Å². The topological polar surface area (TPSA) is 20.3 Å². The van der Waals surface area contributed by atoms with E-state index in [0.29, 0.717) is 12.5 Å². The molecule has 0 radical (unpaired) electrons. The fraction of sp³-hybridized carbons (Fsp3) is 0.350. The zero-order valence-electron chi connectivity index (χ0n) is 13.2. The van der Waals surface area contributed by atoms with Gasteiger partial charge in [-0.1, -0.05) is 42.5 Å². The van der Waals surface area contributed by atoms with Gasteiger partial charge in [-0.2, -0.15) is 0 Å². The van der Waals surface area contributed by atoms with Crippen LogP contribution >= 0.6 is 0 Å². The fourth-order valence-electron chi connectivity index (χ4n) is 3.36. The maximum Gasteiger partial charge on any atom is 0.131 e. The molecule has 0 N–H and O–H groups in total. The molecule has 1 saturated heterocycles. The lowest BCUT2D eigenvalue weighted by atomic mass is 10.0. The van der Waals surface area contributed by atoms with Crippen molar-refractivity contribution in [1.29, 1.82) is 0 Å². The first-order chi connectivity index (χ1) is 10.7. The molecule has 2 nitrogen and oxygen atoms in total. The molecule has 3 rings (SSSR count). The van der Waals surface area contributed by atoms with Gasteiger partial charge in [0.2, 0.25) is 0 Å². The second-order valence-corrected chi connectivity index (χ2v) is 6.22. The van der Waals surface area contributed by atoms with Crippen molar-refractivity contribution in [2.75, 3.05) is 11.4 Å². The molecule has 0 spiro atoms. The molecule has 2 heteroatoms. The third kappa shape index (κ3) is 3.56. The van der Waals surface area contributed by atoms with Gasteiger partial charge in [-0.05, 0) is 49.4 Å². The molecular weight excluding hydrogens is 270 g/mol. The van der Waals surface area contributed by atoms with Gasteiger partial charge in [0.05, 0.1) is 0 Å². The Balaban J connectivity index is 1.70. The quantitative estimate of drug-likeness (QED) is 0.822. The zero-order valence-corrected chi connectivity index (χ0v) is 13.2. The normalized spacial score (nSPS) is 17.7. The highest BCUT2D eigenvalue weighted by Gasteiger charge is 2.25. The van der Waals surface area contributed by atoms with Crippen molar-refractivity contribution < 1.29 is 4.79 Å². The highest BCUT2D eigenvalue weighted by Crippen LogP contribution is 2.28. The number of hydrogen-bond donors (Lipinski definition) is 0. The summed E-state index contributed by atoms with van der Waals surface area (Å²) >= 11 is 0. The highest BCUT2D eigenvalue weighted by atomic mass is 16.1. The van der Waals surface area contributed by atoms with Gasteiger partial charge in [0.15, 0.2) is 0 Å². The summed E-state index contributed by atoms with van der Waals surface area (Å²) in [4.78, 5) is 13.8. The Morgan fingerprint density at radius 1 is 1.05 bits per heavy atom. The first-order valence-corrected chi connectivity index (χ1v) is 8.11. The number of nitrogens with zero attached hydrogens (tertiary/aromatic N) is 1. The summed E-state index contributed by atoms with van der Waals surface area (Å²) < 4.78 is 0. The molecule has 0 bridgehead atoms. The summed E-state index contributed by atoms with van der Waals surface area (Å²) in [7, 11) is 0. The van der Waals surface area contributed by atoms with Crippen molar-refractivity contribution in [2.45, 2.75) is 38.6 Å². The summed E-state index contributed by atoms with van der Waals surface area (Å²) in [5, 5.41) is 0. The molecular formula is C20H23NO. The van der Waals surface area contributed by atoms with Crippen LogP contribution in [0.5, 0.6) is 0 Å². The van der Waals surface area contributed by atoms with Crippen LogP contribution in [0.25, 0.3) is 0 Å². The first kappa shape index (κ1) is 14.8. The lowest BCUT2D eigenvalue weighted by molar-refractivity contribution is -0.117. The summed E-state index contributed by atoms with van der Waals surface area (Å²) in [6.07, 6.45) is 3.96. The Labute approximate surface area is 132 Å². The van der Waals surface area contributed by atoms with Crippen molar-refractivity contribution in [2.24, 2.45) is 0 Å². The second kappa shape index (κ2) is 6.78. The van der Waals surface area contributed by atoms with Crippen LogP contribution in [-0.2, 0) is 11.2 Å². The van der Waals surface area contributed by atoms with Crippen LogP contribution < -0.4 is 4.90 Å². The zero-order chi connectivity index (χ0) is 15.4. The van der Waals surface area contributed by atoms with Crippen LogP contribution in [-0.4, -0.2) is 18.4 Å². The summed E-state index contributed by atoms with van der Waals surface area (Å²) in [5.74, 6) is 0.289. The Morgan fingerprint density at radius 3 is 2.41 bits per heavy atom. The maximum absolute atomic E-state index is 11.4. The number of ketones is 1. The second-order valence-electron chi connectivity index (χ2n) is 6.22. The number of carbonyl (C=O) groups is 1. The predicted molar refractivity (Wildman–Crippen MR) is 91.4 cm³/mol. The van der Waals surface area contributed by atoms with Crippen LogP contribution in [0.4, 0.5) is 5.69 Å². The minimum absolute atomic E-state index is 0.289. The van der Waals surface area contributed by atoms with E-state index in [-0.39, 0.29) is 5.78 Å². The Hall–Kier alpha value is -2.09. The third-order valence-electron chi connectivity index (χ3n) is 4.42. The average molecular weight is 293 g/mol. The molecule has 0 amide bonds. The van der Waals surface area contributed by atoms with E-state index in [1.807, 2.05) is 0 Å². The third-order valence-corrected chi connectivity index (χ3v) is 4.42. The van der Waals surface area contributed by atoms with Gasteiger partial charge in [-0.25, -0.2) is 0 Å².